The monoisotopic (exact) mass is 198 g/mol. The number of rotatable bonds is 2. The average Bonchev–Trinajstić information content (AvgIpc) is 2.30. The van der Waals surface area contributed by atoms with Gasteiger partial charge in [0.1, 0.15) is 6.10 Å². The molecule has 0 spiro atoms. The van der Waals surface area contributed by atoms with Crippen LogP contribution in [-0.2, 0) is 9.53 Å². The van der Waals surface area contributed by atoms with Crippen LogP contribution >= 0.6 is 0 Å². The van der Waals surface area contributed by atoms with E-state index in [-0.39, 0.29) is 17.9 Å². The molecule has 14 heavy (non-hydrogen) atoms. The van der Waals surface area contributed by atoms with E-state index in [4.69, 9.17) is 4.74 Å². The van der Waals surface area contributed by atoms with Gasteiger partial charge in [-0.1, -0.05) is 6.42 Å². The van der Waals surface area contributed by atoms with E-state index >= 15 is 0 Å². The zero-order valence-electron chi connectivity index (χ0n) is 8.42. The fraction of sp³-hybridized carbons (Fsp3) is 0.900. The van der Waals surface area contributed by atoms with Crippen molar-refractivity contribution in [2.24, 2.45) is 0 Å². The maximum atomic E-state index is 11.9. The molecule has 0 aromatic carbocycles. The van der Waals surface area contributed by atoms with Gasteiger partial charge < -0.3 is 15.4 Å². The molecule has 80 valence electrons. The number of ether oxygens (including phenoxy) is 1. The Hall–Kier alpha value is -0.450. The average molecular weight is 198 g/mol. The molecule has 0 aliphatic carbocycles. The highest BCUT2D eigenvalue weighted by Crippen LogP contribution is 2.11. The fourth-order valence-electron chi connectivity index (χ4n) is 2.07. The van der Waals surface area contributed by atoms with Crippen LogP contribution in [0.25, 0.3) is 0 Å². The molecule has 0 bridgehead atoms. The second kappa shape index (κ2) is 4.87. The van der Waals surface area contributed by atoms with E-state index in [1.54, 1.807) is 0 Å². The molecule has 2 unspecified atom stereocenters. The first-order valence-corrected chi connectivity index (χ1v) is 5.47. The largest absolute Gasteiger partial charge is 0.368 e. The van der Waals surface area contributed by atoms with Gasteiger partial charge in [-0.05, 0) is 19.4 Å². The molecule has 0 radical (unpaired) electrons. The predicted molar refractivity (Wildman–Crippen MR) is 53.3 cm³/mol. The standard InChI is InChI=1S/C10H18N2O2/c13-10(8-3-1-2-4-12-8)9-7-11-5-6-14-9/h8-9,11-12H,1-7H2. The van der Waals surface area contributed by atoms with Crippen molar-refractivity contribution in [2.45, 2.75) is 31.4 Å². The summed E-state index contributed by atoms with van der Waals surface area (Å²) in [6, 6.07) is 0.0358. The Balaban J connectivity index is 1.85. The third-order valence-electron chi connectivity index (χ3n) is 2.90. The summed E-state index contributed by atoms with van der Waals surface area (Å²) in [7, 11) is 0. The number of Topliss-reactive ketones (excluding diaryl/α,β-unsaturated/α-hetero) is 1. The number of carbonyl (C=O) groups excluding carboxylic acids is 1. The molecule has 0 aromatic rings. The second-order valence-electron chi connectivity index (χ2n) is 3.97. The normalized spacial score (nSPS) is 34.0. The van der Waals surface area contributed by atoms with Crippen LogP contribution < -0.4 is 10.6 Å². The van der Waals surface area contributed by atoms with Crippen LogP contribution in [0, 0.1) is 0 Å². The first kappa shape index (κ1) is 10.1. The number of carbonyl (C=O) groups is 1. The van der Waals surface area contributed by atoms with Gasteiger partial charge in [-0.15, -0.1) is 0 Å². The van der Waals surface area contributed by atoms with Crippen LogP contribution in [0.5, 0.6) is 0 Å². The van der Waals surface area contributed by atoms with Crippen LogP contribution in [0.3, 0.4) is 0 Å². The number of nitrogens with one attached hydrogen (secondary N) is 2. The minimum atomic E-state index is -0.223. The Bertz CT molecular complexity index is 176. The number of ketones is 1. The highest BCUT2D eigenvalue weighted by molar-refractivity contribution is 5.88. The van der Waals surface area contributed by atoms with Crippen molar-refractivity contribution in [3.8, 4) is 0 Å². The molecule has 2 aliphatic heterocycles. The molecule has 2 heterocycles. The van der Waals surface area contributed by atoms with E-state index < -0.39 is 0 Å². The summed E-state index contributed by atoms with van der Waals surface area (Å²) in [5.41, 5.74) is 0. The summed E-state index contributed by atoms with van der Waals surface area (Å²) >= 11 is 0. The Labute approximate surface area is 84.4 Å². The third-order valence-corrected chi connectivity index (χ3v) is 2.90. The van der Waals surface area contributed by atoms with E-state index in [9.17, 15) is 4.79 Å². The lowest BCUT2D eigenvalue weighted by Crippen LogP contribution is -2.51. The van der Waals surface area contributed by atoms with Crippen LogP contribution in [-0.4, -0.2) is 44.2 Å². The van der Waals surface area contributed by atoms with Crippen molar-refractivity contribution in [3.63, 3.8) is 0 Å². The maximum Gasteiger partial charge on any atom is 0.179 e. The van der Waals surface area contributed by atoms with E-state index in [1.165, 1.54) is 6.42 Å². The zero-order chi connectivity index (χ0) is 9.80. The Morgan fingerprint density at radius 1 is 1.29 bits per heavy atom. The summed E-state index contributed by atoms with van der Waals surface area (Å²) in [5.74, 6) is 0.233. The van der Waals surface area contributed by atoms with Gasteiger partial charge in [-0.3, -0.25) is 4.79 Å². The predicted octanol–water partition coefficient (Wildman–Crippen LogP) is -0.314. The first-order valence-electron chi connectivity index (χ1n) is 5.47. The summed E-state index contributed by atoms with van der Waals surface area (Å²) < 4.78 is 5.44. The Kier molecular flexibility index (Phi) is 3.50. The fourth-order valence-corrected chi connectivity index (χ4v) is 2.07. The van der Waals surface area contributed by atoms with E-state index in [2.05, 4.69) is 10.6 Å². The van der Waals surface area contributed by atoms with Gasteiger partial charge >= 0.3 is 0 Å². The van der Waals surface area contributed by atoms with Crippen molar-refractivity contribution >= 4 is 5.78 Å². The van der Waals surface area contributed by atoms with Gasteiger partial charge in [0.25, 0.3) is 0 Å². The van der Waals surface area contributed by atoms with Crippen molar-refractivity contribution in [1.82, 2.24) is 10.6 Å². The maximum absolute atomic E-state index is 11.9. The van der Waals surface area contributed by atoms with Crippen LogP contribution in [0.1, 0.15) is 19.3 Å². The molecule has 4 heteroatoms. The van der Waals surface area contributed by atoms with Crippen molar-refractivity contribution in [3.05, 3.63) is 0 Å². The van der Waals surface area contributed by atoms with Gasteiger partial charge in [-0.25, -0.2) is 0 Å². The molecule has 2 atom stereocenters. The zero-order valence-corrected chi connectivity index (χ0v) is 8.42. The molecule has 4 nitrogen and oxygen atoms in total. The quantitative estimate of drug-likeness (QED) is 0.639. The molecular weight excluding hydrogens is 180 g/mol. The molecule has 0 saturated carbocycles. The molecule has 2 fully saturated rings. The summed E-state index contributed by atoms with van der Waals surface area (Å²) in [6.07, 6.45) is 3.09. The van der Waals surface area contributed by atoms with Gasteiger partial charge in [0, 0.05) is 13.1 Å². The van der Waals surface area contributed by atoms with Gasteiger partial charge in [0.05, 0.1) is 12.6 Å². The highest BCUT2D eigenvalue weighted by Gasteiger charge is 2.29. The minimum absolute atomic E-state index is 0.0358. The topological polar surface area (TPSA) is 50.4 Å². The van der Waals surface area contributed by atoms with Gasteiger partial charge in [0.15, 0.2) is 5.78 Å². The number of morpholine rings is 1. The number of piperidine rings is 1. The smallest absolute Gasteiger partial charge is 0.179 e. The lowest BCUT2D eigenvalue weighted by atomic mass is 9.97. The molecule has 2 rings (SSSR count). The number of hydrogen-bond acceptors (Lipinski definition) is 4. The van der Waals surface area contributed by atoms with Crippen molar-refractivity contribution < 1.29 is 9.53 Å². The first-order chi connectivity index (χ1) is 6.88. The Morgan fingerprint density at radius 2 is 2.21 bits per heavy atom. The molecule has 0 amide bonds. The van der Waals surface area contributed by atoms with Crippen molar-refractivity contribution in [2.75, 3.05) is 26.2 Å². The number of hydrogen-bond donors (Lipinski definition) is 2. The molecule has 2 aliphatic rings. The third kappa shape index (κ3) is 2.32. The van der Waals surface area contributed by atoms with Crippen LogP contribution in [0.15, 0.2) is 0 Å². The van der Waals surface area contributed by atoms with Gasteiger partial charge in [0.2, 0.25) is 0 Å². The highest BCUT2D eigenvalue weighted by atomic mass is 16.5. The summed E-state index contributed by atoms with van der Waals surface area (Å²) in [6.45, 7) is 3.17. The van der Waals surface area contributed by atoms with Gasteiger partial charge in [-0.2, -0.15) is 0 Å². The minimum Gasteiger partial charge on any atom is -0.368 e. The van der Waals surface area contributed by atoms with E-state index in [1.807, 2.05) is 0 Å². The summed E-state index contributed by atoms with van der Waals surface area (Å²) in [4.78, 5) is 11.9. The van der Waals surface area contributed by atoms with E-state index in [0.29, 0.717) is 13.2 Å². The molecule has 0 aromatic heterocycles. The van der Waals surface area contributed by atoms with Crippen molar-refractivity contribution in [1.29, 1.82) is 0 Å². The summed E-state index contributed by atoms with van der Waals surface area (Å²) in [5, 5.41) is 6.44. The van der Waals surface area contributed by atoms with E-state index in [0.717, 1.165) is 25.9 Å². The van der Waals surface area contributed by atoms with Crippen LogP contribution in [0.4, 0.5) is 0 Å². The Morgan fingerprint density at radius 3 is 2.86 bits per heavy atom. The lowest BCUT2D eigenvalue weighted by Gasteiger charge is -2.28. The van der Waals surface area contributed by atoms with Crippen LogP contribution in [0.2, 0.25) is 0 Å². The molecule has 2 N–H and O–H groups in total. The second-order valence-corrected chi connectivity index (χ2v) is 3.97. The molecular formula is C10H18N2O2. The lowest BCUT2D eigenvalue weighted by molar-refractivity contribution is -0.134. The SMILES string of the molecule is O=C(C1CCCCN1)C1CNCCO1. The molecule has 2 saturated heterocycles.